The predicted molar refractivity (Wildman–Crippen MR) is 57.7 cm³/mol. The van der Waals surface area contributed by atoms with Gasteiger partial charge in [0, 0.05) is 0 Å². The number of benzene rings is 1. The summed E-state index contributed by atoms with van der Waals surface area (Å²) in [6.45, 7) is 2.81. The molecule has 1 aromatic rings. The molecule has 0 bridgehead atoms. The van der Waals surface area contributed by atoms with Crippen LogP contribution in [-0.4, -0.2) is 6.61 Å². The molecule has 0 aliphatic carbocycles. The summed E-state index contributed by atoms with van der Waals surface area (Å²) in [6.07, 6.45) is 4.99. The molecule has 15 heavy (non-hydrogen) atoms. The largest absolute Gasteiger partial charge is 0.490 e. The van der Waals surface area contributed by atoms with Gasteiger partial charge in [-0.3, -0.25) is 0 Å². The van der Waals surface area contributed by atoms with E-state index in [4.69, 9.17) is 14.7 Å². The SMILES string of the molecule is CCCCCOc1ccccc1OC#N. The van der Waals surface area contributed by atoms with Crippen molar-refractivity contribution in [3.63, 3.8) is 0 Å². The lowest BCUT2D eigenvalue weighted by Gasteiger charge is -2.08. The number of hydrogen-bond donors (Lipinski definition) is 0. The number of ether oxygens (including phenoxy) is 2. The van der Waals surface area contributed by atoms with Gasteiger partial charge in [-0.05, 0) is 18.6 Å². The van der Waals surface area contributed by atoms with Crippen molar-refractivity contribution in [2.24, 2.45) is 0 Å². The molecule has 3 heteroatoms. The van der Waals surface area contributed by atoms with Crippen molar-refractivity contribution < 1.29 is 9.47 Å². The zero-order chi connectivity index (χ0) is 10.9. The second-order valence-corrected chi connectivity index (χ2v) is 3.20. The highest BCUT2D eigenvalue weighted by Gasteiger charge is 2.03. The minimum absolute atomic E-state index is 0.483. The molecule has 0 amide bonds. The molecule has 0 N–H and O–H groups in total. The van der Waals surface area contributed by atoms with Gasteiger partial charge in [0.05, 0.1) is 6.61 Å². The molecule has 0 unspecified atom stereocenters. The van der Waals surface area contributed by atoms with Crippen LogP contribution in [0.1, 0.15) is 26.2 Å². The topological polar surface area (TPSA) is 42.2 Å². The van der Waals surface area contributed by atoms with Crippen molar-refractivity contribution in [1.82, 2.24) is 0 Å². The van der Waals surface area contributed by atoms with E-state index in [1.54, 1.807) is 18.4 Å². The first-order chi connectivity index (χ1) is 7.38. The molecule has 0 atom stereocenters. The average Bonchev–Trinajstić information content (AvgIpc) is 2.27. The van der Waals surface area contributed by atoms with E-state index in [-0.39, 0.29) is 0 Å². The number of para-hydroxylation sites is 2. The van der Waals surface area contributed by atoms with Gasteiger partial charge in [-0.15, -0.1) is 5.26 Å². The normalized spacial score (nSPS) is 9.33. The van der Waals surface area contributed by atoms with Crippen LogP contribution >= 0.6 is 0 Å². The Kier molecular flexibility index (Phi) is 5.10. The summed E-state index contributed by atoms with van der Waals surface area (Å²) in [4.78, 5) is 0. The third kappa shape index (κ3) is 3.90. The fourth-order valence-corrected chi connectivity index (χ4v) is 1.24. The van der Waals surface area contributed by atoms with Crippen molar-refractivity contribution in [2.45, 2.75) is 26.2 Å². The zero-order valence-corrected chi connectivity index (χ0v) is 8.90. The Morgan fingerprint density at radius 2 is 1.93 bits per heavy atom. The van der Waals surface area contributed by atoms with Crippen molar-refractivity contribution >= 4 is 0 Å². The smallest absolute Gasteiger partial charge is 0.292 e. The summed E-state index contributed by atoms with van der Waals surface area (Å²) in [5.41, 5.74) is 0. The fraction of sp³-hybridized carbons (Fsp3) is 0.417. The Labute approximate surface area is 90.2 Å². The lowest BCUT2D eigenvalue weighted by molar-refractivity contribution is 0.294. The Bertz CT molecular complexity index is 331. The molecule has 0 radical (unpaired) electrons. The Morgan fingerprint density at radius 1 is 1.20 bits per heavy atom. The van der Waals surface area contributed by atoms with Gasteiger partial charge in [0.2, 0.25) is 0 Å². The monoisotopic (exact) mass is 205 g/mol. The number of unbranched alkanes of at least 4 members (excludes halogenated alkanes) is 2. The number of hydrogen-bond acceptors (Lipinski definition) is 3. The molecular weight excluding hydrogens is 190 g/mol. The summed E-state index contributed by atoms with van der Waals surface area (Å²) in [5.74, 6) is 1.12. The Morgan fingerprint density at radius 3 is 2.60 bits per heavy atom. The minimum Gasteiger partial charge on any atom is -0.490 e. The fourth-order valence-electron chi connectivity index (χ4n) is 1.24. The van der Waals surface area contributed by atoms with E-state index in [0.717, 1.165) is 12.8 Å². The van der Waals surface area contributed by atoms with Crippen LogP contribution in [-0.2, 0) is 0 Å². The number of nitrogens with zero attached hydrogens (tertiary/aromatic N) is 1. The minimum atomic E-state index is 0.483. The summed E-state index contributed by atoms with van der Waals surface area (Å²) >= 11 is 0. The molecule has 0 fully saturated rings. The lowest BCUT2D eigenvalue weighted by Crippen LogP contribution is -1.98. The van der Waals surface area contributed by atoms with E-state index in [2.05, 4.69) is 6.92 Å². The second-order valence-electron chi connectivity index (χ2n) is 3.20. The van der Waals surface area contributed by atoms with Gasteiger partial charge in [-0.1, -0.05) is 31.9 Å². The average molecular weight is 205 g/mol. The van der Waals surface area contributed by atoms with E-state index in [0.29, 0.717) is 18.1 Å². The van der Waals surface area contributed by atoms with E-state index < -0.39 is 0 Å². The van der Waals surface area contributed by atoms with Crippen LogP contribution in [0.3, 0.4) is 0 Å². The van der Waals surface area contributed by atoms with Crippen molar-refractivity contribution in [2.75, 3.05) is 6.61 Å². The van der Waals surface area contributed by atoms with Crippen LogP contribution in [0.4, 0.5) is 0 Å². The first-order valence-electron chi connectivity index (χ1n) is 5.16. The Hall–Kier alpha value is -1.69. The highest BCUT2D eigenvalue weighted by molar-refractivity contribution is 5.40. The maximum atomic E-state index is 8.43. The van der Waals surface area contributed by atoms with Crippen LogP contribution in [0.2, 0.25) is 0 Å². The third-order valence-electron chi connectivity index (χ3n) is 2.01. The number of nitriles is 1. The molecule has 1 rings (SSSR count). The molecule has 80 valence electrons. The third-order valence-corrected chi connectivity index (χ3v) is 2.01. The molecule has 0 saturated heterocycles. The van der Waals surface area contributed by atoms with E-state index >= 15 is 0 Å². The van der Waals surface area contributed by atoms with Crippen molar-refractivity contribution in [3.8, 4) is 17.8 Å². The van der Waals surface area contributed by atoms with Gasteiger partial charge in [-0.25, -0.2) is 0 Å². The Balaban J connectivity index is 2.48. The molecule has 0 saturated carbocycles. The maximum Gasteiger partial charge on any atom is 0.292 e. The van der Waals surface area contributed by atoms with Crippen molar-refractivity contribution in [3.05, 3.63) is 24.3 Å². The molecule has 0 spiro atoms. The van der Waals surface area contributed by atoms with Crippen LogP contribution < -0.4 is 9.47 Å². The van der Waals surface area contributed by atoms with Gasteiger partial charge in [-0.2, -0.15) is 0 Å². The van der Waals surface area contributed by atoms with Crippen LogP contribution in [0.5, 0.6) is 11.5 Å². The molecular formula is C12H15NO2. The summed E-state index contributed by atoms with van der Waals surface area (Å²) < 4.78 is 10.3. The van der Waals surface area contributed by atoms with Gasteiger partial charge < -0.3 is 9.47 Å². The summed E-state index contributed by atoms with van der Waals surface area (Å²) in [5, 5.41) is 8.43. The van der Waals surface area contributed by atoms with Gasteiger partial charge >= 0.3 is 0 Å². The van der Waals surface area contributed by atoms with Crippen molar-refractivity contribution in [1.29, 1.82) is 5.26 Å². The van der Waals surface area contributed by atoms with E-state index in [9.17, 15) is 0 Å². The molecule has 0 aliphatic rings. The standard InChI is InChI=1S/C12H15NO2/c1-2-3-6-9-14-11-7-4-5-8-12(11)15-10-13/h4-5,7-8H,2-3,6,9H2,1H3. The van der Waals surface area contributed by atoms with Gasteiger partial charge in [0.1, 0.15) is 0 Å². The predicted octanol–water partition coefficient (Wildman–Crippen LogP) is 3.12. The maximum absolute atomic E-state index is 8.43. The van der Waals surface area contributed by atoms with Gasteiger partial charge in [0.25, 0.3) is 6.26 Å². The lowest BCUT2D eigenvalue weighted by atomic mass is 10.2. The molecule has 3 nitrogen and oxygen atoms in total. The number of rotatable bonds is 6. The first-order valence-corrected chi connectivity index (χ1v) is 5.16. The molecule has 0 heterocycles. The zero-order valence-electron chi connectivity index (χ0n) is 8.90. The van der Waals surface area contributed by atoms with Crippen LogP contribution in [0.15, 0.2) is 24.3 Å². The summed E-state index contributed by atoms with van der Waals surface area (Å²) in [6, 6.07) is 7.20. The quantitative estimate of drug-likeness (QED) is 0.529. The molecule has 0 aliphatic heterocycles. The van der Waals surface area contributed by atoms with Crippen LogP contribution in [0, 0.1) is 11.5 Å². The highest BCUT2D eigenvalue weighted by atomic mass is 16.5. The first kappa shape index (κ1) is 11.4. The van der Waals surface area contributed by atoms with E-state index in [1.807, 2.05) is 12.1 Å². The highest BCUT2D eigenvalue weighted by Crippen LogP contribution is 2.26. The molecule has 0 aromatic heterocycles. The van der Waals surface area contributed by atoms with Crippen LogP contribution in [0.25, 0.3) is 0 Å². The second kappa shape index (κ2) is 6.72. The van der Waals surface area contributed by atoms with E-state index in [1.165, 1.54) is 6.42 Å². The molecule has 1 aromatic carbocycles. The van der Waals surface area contributed by atoms with Gasteiger partial charge in [0.15, 0.2) is 11.5 Å². The summed E-state index contributed by atoms with van der Waals surface area (Å²) in [7, 11) is 0.